The van der Waals surface area contributed by atoms with E-state index < -0.39 is 8.60 Å². The maximum absolute atomic E-state index is 8.48. The number of unbranched alkanes of at least 4 members (excludes halogenated alkanes) is 5. The Kier molecular flexibility index (Phi) is 30.6. The topological polar surface area (TPSA) is 69.2 Å². The van der Waals surface area contributed by atoms with Crippen molar-refractivity contribution >= 4 is 8.60 Å². The van der Waals surface area contributed by atoms with Gasteiger partial charge in [-0.15, -0.1) is 0 Å². The second-order valence-corrected chi connectivity index (χ2v) is 2.94. The summed E-state index contributed by atoms with van der Waals surface area (Å²) in [6.07, 6.45) is 7.98. The zero-order valence-electron chi connectivity index (χ0n) is 8.62. The molecule has 0 spiro atoms. The number of hydrogen-bond donors (Lipinski definition) is 0. The summed E-state index contributed by atoms with van der Waals surface area (Å²) in [6, 6.07) is 0. The van der Waals surface area contributed by atoms with Crippen LogP contribution in [0.4, 0.5) is 0 Å². The van der Waals surface area contributed by atoms with Gasteiger partial charge in [-0.3, -0.25) is 0 Å². The third-order valence-corrected chi connectivity index (χ3v) is 1.35. The first-order valence-corrected chi connectivity index (χ1v) is 5.35. The van der Waals surface area contributed by atoms with Crippen molar-refractivity contribution in [1.29, 1.82) is 0 Å². The van der Waals surface area contributed by atoms with Crippen LogP contribution >= 0.6 is 8.60 Å². The van der Waals surface area contributed by atoms with Crippen LogP contribution in [0.3, 0.4) is 0 Å². The van der Waals surface area contributed by atoms with Gasteiger partial charge >= 0.3 is 51.4 Å². The average molecular weight is 231 g/mol. The van der Waals surface area contributed by atoms with Gasteiger partial charge in [-0.1, -0.05) is 39.0 Å². The zero-order chi connectivity index (χ0) is 9.82. The molecule has 0 aromatic rings. The second kappa shape index (κ2) is 19.5. The van der Waals surface area contributed by atoms with Crippen molar-refractivity contribution in [2.45, 2.75) is 45.4 Å². The molecule has 0 saturated carbocycles. The molecule has 76 valence electrons. The van der Waals surface area contributed by atoms with Crippen molar-refractivity contribution in [2.24, 2.45) is 0 Å². The monoisotopic (exact) mass is 231 g/mol. The van der Waals surface area contributed by atoms with E-state index in [-0.39, 0.29) is 51.4 Å². The van der Waals surface area contributed by atoms with Gasteiger partial charge in [-0.2, -0.15) is 6.42 Å². The van der Waals surface area contributed by atoms with Crippen LogP contribution in [-0.2, 0) is 0 Å². The molecule has 5 heteroatoms. The minimum Gasteiger partial charge on any atom is -0.854 e. The van der Waals surface area contributed by atoms with E-state index in [1.807, 2.05) is 0 Å². The average Bonchev–Trinajstić information content (AvgIpc) is 1.97. The van der Waals surface area contributed by atoms with Crippen LogP contribution in [-0.4, -0.2) is 0 Å². The maximum atomic E-state index is 8.48. The molecule has 0 N–H and O–H groups in total. The van der Waals surface area contributed by atoms with Crippen LogP contribution in [0.25, 0.3) is 0 Å². The summed E-state index contributed by atoms with van der Waals surface area (Å²) in [6.45, 7) is 6.02. The summed E-state index contributed by atoms with van der Waals surface area (Å²) >= 11 is 0. The van der Waals surface area contributed by atoms with Gasteiger partial charge in [0.2, 0.25) is 0 Å². The van der Waals surface area contributed by atoms with Crippen LogP contribution < -0.4 is 66.1 Å². The fourth-order valence-corrected chi connectivity index (χ4v) is 0.780. The summed E-state index contributed by atoms with van der Waals surface area (Å²) in [7, 11) is -3.37. The molecule has 0 aliphatic rings. The maximum Gasteiger partial charge on any atom is 1.00 e. The summed E-state index contributed by atoms with van der Waals surface area (Å²) in [5.41, 5.74) is 0. The molecule has 0 radical (unpaired) electrons. The molecule has 0 rings (SSSR count). The van der Waals surface area contributed by atoms with Crippen molar-refractivity contribution in [3.05, 3.63) is 6.92 Å². The van der Waals surface area contributed by atoms with E-state index in [0.717, 1.165) is 6.42 Å². The van der Waals surface area contributed by atoms with Crippen LogP contribution in [0.15, 0.2) is 0 Å². The molecule has 0 amide bonds. The quantitative estimate of drug-likeness (QED) is 0.227. The smallest absolute Gasteiger partial charge is 0.854 e. The molecular weight excluding hydrogens is 214 g/mol. The van der Waals surface area contributed by atoms with Gasteiger partial charge in [0.25, 0.3) is 0 Å². The summed E-state index contributed by atoms with van der Waals surface area (Å²) in [5.74, 6) is 0. The minimum atomic E-state index is -3.37. The van der Waals surface area contributed by atoms with E-state index in [0.29, 0.717) is 0 Å². The Bertz CT molecular complexity index is 65.7. The van der Waals surface area contributed by atoms with Gasteiger partial charge in [0, 0.05) is 0 Å². The first-order valence-electron chi connectivity index (χ1n) is 4.25. The van der Waals surface area contributed by atoms with Crippen LogP contribution in [0, 0.1) is 6.92 Å². The molecular formula is C8H17KO3P-3. The Labute approximate surface area is 125 Å². The predicted octanol–water partition coefficient (Wildman–Crippen LogP) is -2.52. The number of rotatable bonds is 5. The molecule has 3 nitrogen and oxygen atoms in total. The van der Waals surface area contributed by atoms with Gasteiger partial charge in [-0.05, 0) is 0 Å². The van der Waals surface area contributed by atoms with E-state index >= 15 is 0 Å². The number of hydrogen-bond acceptors (Lipinski definition) is 3. The predicted molar refractivity (Wildman–Crippen MR) is 45.7 cm³/mol. The Morgan fingerprint density at radius 3 is 1.69 bits per heavy atom. The first-order chi connectivity index (χ1) is 5.65. The molecule has 13 heavy (non-hydrogen) atoms. The summed E-state index contributed by atoms with van der Waals surface area (Å²) < 4.78 is 0. The van der Waals surface area contributed by atoms with E-state index in [1.165, 1.54) is 32.1 Å². The van der Waals surface area contributed by atoms with Crippen molar-refractivity contribution in [3.63, 3.8) is 0 Å². The fraction of sp³-hybridized carbons (Fsp3) is 0.875. The summed E-state index contributed by atoms with van der Waals surface area (Å²) in [5, 5.41) is 0. The van der Waals surface area contributed by atoms with Gasteiger partial charge in [-0.25, -0.2) is 0 Å². The molecule has 0 heterocycles. The normalized spacial score (nSPS) is 8.77. The van der Waals surface area contributed by atoms with Crippen molar-refractivity contribution in [1.82, 2.24) is 0 Å². The van der Waals surface area contributed by atoms with E-state index in [4.69, 9.17) is 14.7 Å². The van der Waals surface area contributed by atoms with E-state index in [2.05, 4.69) is 13.8 Å². The Balaban J connectivity index is -0.000000173. The van der Waals surface area contributed by atoms with Crippen molar-refractivity contribution in [2.75, 3.05) is 0 Å². The molecule has 0 fully saturated rings. The minimum absolute atomic E-state index is 0. The molecule has 0 saturated heterocycles. The molecule has 0 unspecified atom stereocenters. The second-order valence-electron chi connectivity index (χ2n) is 2.49. The molecule has 0 atom stereocenters. The van der Waals surface area contributed by atoms with Crippen LogP contribution in [0.2, 0.25) is 0 Å². The van der Waals surface area contributed by atoms with Gasteiger partial charge in [0.05, 0.1) is 0 Å². The third kappa shape index (κ3) is 41.2. The Morgan fingerprint density at radius 1 is 1.00 bits per heavy atom. The third-order valence-electron chi connectivity index (χ3n) is 1.35. The van der Waals surface area contributed by atoms with Crippen molar-refractivity contribution < 1.29 is 66.1 Å². The summed E-state index contributed by atoms with van der Waals surface area (Å²) in [4.78, 5) is 25.4. The van der Waals surface area contributed by atoms with Gasteiger partial charge in [0.1, 0.15) is 0 Å². The molecule has 0 bridgehead atoms. The zero-order valence-corrected chi connectivity index (χ0v) is 12.6. The largest absolute Gasteiger partial charge is 1.00 e. The molecule has 0 aromatic heterocycles. The van der Waals surface area contributed by atoms with E-state index in [9.17, 15) is 0 Å². The molecule has 0 aliphatic heterocycles. The van der Waals surface area contributed by atoms with E-state index in [1.54, 1.807) is 0 Å². The SMILES string of the molecule is [CH2-]CCCCCCC.[K+].[O-]P([O-])[O-]. The van der Waals surface area contributed by atoms with Crippen LogP contribution in [0.5, 0.6) is 0 Å². The van der Waals surface area contributed by atoms with Crippen molar-refractivity contribution in [3.8, 4) is 0 Å². The fourth-order valence-electron chi connectivity index (χ4n) is 0.780. The van der Waals surface area contributed by atoms with Crippen LogP contribution in [0.1, 0.15) is 45.4 Å². The molecule has 0 aliphatic carbocycles. The first kappa shape index (κ1) is 20.4. The Hall–Kier alpha value is 1.95. The standard InChI is InChI=1S/C8H17.K.O3P/c1-3-5-7-8-6-4-2;;1-4(2)3/h1,3-8H2,2H3;;/q-1;+1;-3. The Morgan fingerprint density at radius 2 is 1.38 bits per heavy atom. The molecule has 0 aromatic carbocycles. The van der Waals surface area contributed by atoms with Gasteiger partial charge in [0.15, 0.2) is 0 Å². The van der Waals surface area contributed by atoms with Gasteiger partial charge < -0.3 is 30.2 Å².